The molecule has 0 spiro atoms. The highest BCUT2D eigenvalue weighted by Crippen LogP contribution is 2.33. The molecular formula is C27H26N2O2. The normalized spacial score (nSPS) is 18.6. The summed E-state index contributed by atoms with van der Waals surface area (Å²) in [4.78, 5) is 15.3. The van der Waals surface area contributed by atoms with E-state index in [1.54, 1.807) is 0 Å². The van der Waals surface area contributed by atoms with Crippen LogP contribution in [0.25, 0.3) is 22.1 Å². The predicted octanol–water partition coefficient (Wildman–Crippen LogP) is 5.38. The van der Waals surface area contributed by atoms with Gasteiger partial charge in [-0.1, -0.05) is 72.8 Å². The number of nitrogens with zero attached hydrogens (tertiary/aromatic N) is 1. The summed E-state index contributed by atoms with van der Waals surface area (Å²) in [6.07, 6.45) is 0.848. The Labute approximate surface area is 182 Å². The van der Waals surface area contributed by atoms with Crippen molar-refractivity contribution in [1.29, 1.82) is 0 Å². The first kappa shape index (κ1) is 19.6. The van der Waals surface area contributed by atoms with E-state index in [0.717, 1.165) is 35.6 Å². The summed E-state index contributed by atoms with van der Waals surface area (Å²) >= 11 is 0. The van der Waals surface area contributed by atoms with Crippen LogP contribution in [0, 0.1) is 0 Å². The topological polar surface area (TPSA) is 45.5 Å². The van der Waals surface area contributed by atoms with E-state index in [9.17, 15) is 4.79 Å². The van der Waals surface area contributed by atoms with Crippen LogP contribution in [0.15, 0.2) is 89.3 Å². The monoisotopic (exact) mass is 410 g/mol. The molecule has 1 atom stereocenters. The van der Waals surface area contributed by atoms with Crippen LogP contribution in [0.3, 0.4) is 0 Å². The maximum absolute atomic E-state index is 13.1. The van der Waals surface area contributed by atoms with E-state index in [-0.39, 0.29) is 5.91 Å². The van der Waals surface area contributed by atoms with Crippen LogP contribution in [0.2, 0.25) is 0 Å². The van der Waals surface area contributed by atoms with Gasteiger partial charge in [-0.3, -0.25) is 9.69 Å². The summed E-state index contributed by atoms with van der Waals surface area (Å²) in [7, 11) is 0. The zero-order chi connectivity index (χ0) is 21.3. The molecule has 1 N–H and O–H groups in total. The van der Waals surface area contributed by atoms with Crippen molar-refractivity contribution in [2.75, 3.05) is 6.54 Å². The molecule has 1 aromatic heterocycles. The molecule has 2 heterocycles. The van der Waals surface area contributed by atoms with Gasteiger partial charge in [0.2, 0.25) is 5.91 Å². The van der Waals surface area contributed by atoms with Crippen molar-refractivity contribution >= 4 is 16.7 Å². The van der Waals surface area contributed by atoms with Crippen LogP contribution in [-0.4, -0.2) is 22.9 Å². The second kappa shape index (κ2) is 8.05. The lowest BCUT2D eigenvalue weighted by Gasteiger charge is -2.48. The molecule has 5 rings (SSSR count). The highest BCUT2D eigenvalue weighted by molar-refractivity contribution is 5.89. The van der Waals surface area contributed by atoms with Gasteiger partial charge >= 0.3 is 0 Å². The number of fused-ring (bicyclic) bond motifs is 1. The molecule has 1 saturated heterocycles. The van der Waals surface area contributed by atoms with E-state index < -0.39 is 5.54 Å². The minimum atomic E-state index is -0.510. The fourth-order valence-corrected chi connectivity index (χ4v) is 4.34. The third-order valence-corrected chi connectivity index (χ3v) is 6.44. The van der Waals surface area contributed by atoms with E-state index in [1.165, 1.54) is 10.8 Å². The number of furan rings is 1. The number of hydrogen-bond acceptors (Lipinski definition) is 3. The second-order valence-electron chi connectivity index (χ2n) is 8.40. The summed E-state index contributed by atoms with van der Waals surface area (Å²) in [5.74, 6) is 1.81. The SMILES string of the molecule is CC1(C(=O)NCc2cccc3ccccc23)CCN1Cc1ccc(-c2ccccc2)o1. The minimum absolute atomic E-state index is 0.0709. The molecule has 4 nitrogen and oxygen atoms in total. The summed E-state index contributed by atoms with van der Waals surface area (Å²) in [5, 5.41) is 5.55. The molecule has 1 amide bonds. The number of amides is 1. The Morgan fingerprint density at radius 3 is 2.55 bits per heavy atom. The average Bonchev–Trinajstić information content (AvgIpc) is 3.29. The molecular weight excluding hydrogens is 384 g/mol. The molecule has 0 bridgehead atoms. The van der Waals surface area contributed by atoms with Crippen molar-refractivity contribution in [1.82, 2.24) is 10.2 Å². The van der Waals surface area contributed by atoms with Crippen LogP contribution in [0.1, 0.15) is 24.7 Å². The first-order valence-electron chi connectivity index (χ1n) is 10.8. The number of likely N-dealkylation sites (tertiary alicyclic amines) is 1. The number of carbonyl (C=O) groups is 1. The first-order chi connectivity index (χ1) is 15.1. The Hall–Kier alpha value is -3.37. The van der Waals surface area contributed by atoms with E-state index in [2.05, 4.69) is 34.5 Å². The number of rotatable bonds is 6. The van der Waals surface area contributed by atoms with Crippen LogP contribution in [0.4, 0.5) is 0 Å². The predicted molar refractivity (Wildman–Crippen MR) is 123 cm³/mol. The van der Waals surface area contributed by atoms with Crippen molar-refractivity contribution in [2.45, 2.75) is 32.0 Å². The van der Waals surface area contributed by atoms with Crippen LogP contribution in [0.5, 0.6) is 0 Å². The van der Waals surface area contributed by atoms with E-state index >= 15 is 0 Å². The number of hydrogen-bond donors (Lipinski definition) is 1. The molecule has 4 aromatic rings. The Bertz CT molecular complexity index is 1210. The second-order valence-corrected chi connectivity index (χ2v) is 8.40. The van der Waals surface area contributed by atoms with Crippen molar-refractivity contribution in [3.8, 4) is 11.3 Å². The lowest BCUT2D eigenvalue weighted by Crippen LogP contribution is -2.65. The maximum Gasteiger partial charge on any atom is 0.240 e. The maximum atomic E-state index is 13.1. The summed E-state index contributed by atoms with van der Waals surface area (Å²) in [6, 6.07) is 28.6. The molecule has 0 radical (unpaired) electrons. The first-order valence-corrected chi connectivity index (χ1v) is 10.8. The molecule has 0 saturated carbocycles. The Morgan fingerprint density at radius 1 is 0.968 bits per heavy atom. The molecule has 3 aromatic carbocycles. The molecule has 1 fully saturated rings. The fraction of sp³-hybridized carbons (Fsp3) is 0.222. The lowest BCUT2D eigenvalue weighted by molar-refractivity contribution is -0.142. The van der Waals surface area contributed by atoms with Gasteiger partial charge in [-0.2, -0.15) is 0 Å². The van der Waals surface area contributed by atoms with Crippen LogP contribution < -0.4 is 5.32 Å². The minimum Gasteiger partial charge on any atom is -0.460 e. The summed E-state index contributed by atoms with van der Waals surface area (Å²) in [6.45, 7) is 4.07. The quantitative estimate of drug-likeness (QED) is 0.464. The van der Waals surface area contributed by atoms with Crippen molar-refractivity contribution in [2.24, 2.45) is 0 Å². The third-order valence-electron chi connectivity index (χ3n) is 6.44. The van der Waals surface area contributed by atoms with Gasteiger partial charge in [0.25, 0.3) is 0 Å². The third kappa shape index (κ3) is 3.75. The van der Waals surface area contributed by atoms with Gasteiger partial charge in [-0.15, -0.1) is 0 Å². The van der Waals surface area contributed by atoms with Gasteiger partial charge in [0.15, 0.2) is 0 Å². The Kier molecular flexibility index (Phi) is 5.08. The van der Waals surface area contributed by atoms with Crippen LogP contribution >= 0.6 is 0 Å². The molecule has 156 valence electrons. The smallest absolute Gasteiger partial charge is 0.240 e. The lowest BCUT2D eigenvalue weighted by atomic mass is 9.85. The molecule has 1 unspecified atom stereocenters. The van der Waals surface area contributed by atoms with Gasteiger partial charge in [0, 0.05) is 18.7 Å². The van der Waals surface area contributed by atoms with Gasteiger partial charge in [0.1, 0.15) is 11.5 Å². The van der Waals surface area contributed by atoms with Gasteiger partial charge in [-0.05, 0) is 41.8 Å². The largest absolute Gasteiger partial charge is 0.460 e. The summed E-state index contributed by atoms with van der Waals surface area (Å²) in [5.41, 5.74) is 1.69. The van der Waals surface area contributed by atoms with E-state index in [0.29, 0.717) is 13.1 Å². The highest BCUT2D eigenvalue weighted by Gasteiger charge is 2.46. The Balaban J connectivity index is 1.25. The van der Waals surface area contributed by atoms with Gasteiger partial charge in [-0.25, -0.2) is 0 Å². The van der Waals surface area contributed by atoms with Gasteiger partial charge in [0.05, 0.1) is 12.1 Å². The Morgan fingerprint density at radius 2 is 1.74 bits per heavy atom. The number of benzene rings is 3. The average molecular weight is 411 g/mol. The van der Waals surface area contributed by atoms with Crippen molar-refractivity contribution < 1.29 is 9.21 Å². The number of nitrogens with one attached hydrogen (secondary N) is 1. The molecule has 31 heavy (non-hydrogen) atoms. The van der Waals surface area contributed by atoms with Crippen LogP contribution in [-0.2, 0) is 17.9 Å². The standard InChI is InChI=1S/C27H26N2O2/c1-27(26(30)28-18-22-12-7-11-20-8-5-6-13-24(20)22)16-17-29(27)19-23-14-15-25(31-23)21-9-3-2-4-10-21/h2-15H,16-19H2,1H3,(H,28,30). The fourth-order valence-electron chi connectivity index (χ4n) is 4.34. The van der Waals surface area contributed by atoms with Crippen molar-refractivity contribution in [3.05, 3.63) is 96.3 Å². The molecule has 0 aliphatic carbocycles. The van der Waals surface area contributed by atoms with Gasteiger partial charge < -0.3 is 9.73 Å². The zero-order valence-corrected chi connectivity index (χ0v) is 17.7. The number of carbonyl (C=O) groups excluding carboxylic acids is 1. The van der Waals surface area contributed by atoms with Crippen molar-refractivity contribution in [3.63, 3.8) is 0 Å². The molecule has 1 aliphatic heterocycles. The zero-order valence-electron chi connectivity index (χ0n) is 17.7. The molecule has 4 heteroatoms. The molecule has 1 aliphatic rings. The van der Waals surface area contributed by atoms with E-state index in [4.69, 9.17) is 4.42 Å². The summed E-state index contributed by atoms with van der Waals surface area (Å²) < 4.78 is 6.05. The van der Waals surface area contributed by atoms with E-state index in [1.807, 2.05) is 67.6 Å². The highest BCUT2D eigenvalue weighted by atomic mass is 16.3.